The molecule has 2 aliphatic heterocycles. The molecule has 3 heterocycles. The Bertz CT molecular complexity index is 622. The zero-order chi connectivity index (χ0) is 15.5. The molecule has 1 atom stereocenters. The number of hydrogen-bond acceptors (Lipinski definition) is 4. The van der Waals surface area contributed by atoms with E-state index in [1.54, 1.807) is 0 Å². The summed E-state index contributed by atoms with van der Waals surface area (Å²) < 4.78 is 13.3. The van der Waals surface area contributed by atoms with Crippen molar-refractivity contribution >= 4 is 0 Å². The first kappa shape index (κ1) is 14.9. The van der Waals surface area contributed by atoms with E-state index in [-0.39, 0.29) is 6.29 Å². The summed E-state index contributed by atoms with van der Waals surface area (Å²) in [4.78, 5) is 2.47. The van der Waals surface area contributed by atoms with Gasteiger partial charge in [0.1, 0.15) is 0 Å². The standard InChI is InChI=1S/C18H23N3O2/c1-2-6-17(7-3-1)21-10-8-16(19-21)14-20-9-4-5-15(13-20)18-22-11-12-23-18/h1-3,6-8,10,15,18H,4-5,9,11-14H2. The highest BCUT2D eigenvalue weighted by molar-refractivity contribution is 5.30. The Hall–Kier alpha value is -1.69. The highest BCUT2D eigenvalue weighted by Gasteiger charge is 2.31. The molecule has 1 unspecified atom stereocenters. The van der Waals surface area contributed by atoms with Gasteiger partial charge in [0.2, 0.25) is 0 Å². The van der Waals surface area contributed by atoms with Crippen molar-refractivity contribution in [3.63, 3.8) is 0 Å². The minimum absolute atomic E-state index is 0.000300. The van der Waals surface area contributed by atoms with Gasteiger partial charge in [-0.2, -0.15) is 5.10 Å². The summed E-state index contributed by atoms with van der Waals surface area (Å²) >= 11 is 0. The zero-order valence-electron chi connectivity index (χ0n) is 13.3. The molecule has 2 fully saturated rings. The topological polar surface area (TPSA) is 39.5 Å². The molecule has 0 aliphatic carbocycles. The molecule has 1 aromatic carbocycles. The van der Waals surface area contributed by atoms with E-state index in [1.807, 2.05) is 29.1 Å². The van der Waals surface area contributed by atoms with Crippen LogP contribution in [0.4, 0.5) is 0 Å². The smallest absolute Gasteiger partial charge is 0.161 e. The highest BCUT2D eigenvalue weighted by Crippen LogP contribution is 2.25. The summed E-state index contributed by atoms with van der Waals surface area (Å²) in [5.41, 5.74) is 2.21. The molecule has 5 heteroatoms. The van der Waals surface area contributed by atoms with Gasteiger partial charge >= 0.3 is 0 Å². The molecule has 0 radical (unpaired) electrons. The van der Waals surface area contributed by atoms with Crippen LogP contribution in [0.2, 0.25) is 0 Å². The Morgan fingerprint density at radius 3 is 2.74 bits per heavy atom. The van der Waals surface area contributed by atoms with E-state index in [2.05, 4.69) is 23.1 Å². The predicted octanol–water partition coefficient (Wildman–Crippen LogP) is 2.46. The molecular formula is C18H23N3O2. The van der Waals surface area contributed by atoms with Crippen molar-refractivity contribution in [3.05, 3.63) is 48.3 Å². The third kappa shape index (κ3) is 3.47. The van der Waals surface area contributed by atoms with Crippen molar-refractivity contribution in [1.29, 1.82) is 0 Å². The van der Waals surface area contributed by atoms with Crippen LogP contribution in [0.3, 0.4) is 0 Å². The van der Waals surface area contributed by atoms with Gasteiger partial charge in [0.05, 0.1) is 24.6 Å². The number of rotatable bonds is 4. The van der Waals surface area contributed by atoms with Crippen molar-refractivity contribution in [2.45, 2.75) is 25.7 Å². The first-order valence-electron chi connectivity index (χ1n) is 8.44. The summed E-state index contributed by atoms with van der Waals surface area (Å²) in [5, 5.41) is 4.71. The molecule has 23 heavy (non-hydrogen) atoms. The highest BCUT2D eigenvalue weighted by atomic mass is 16.7. The fraction of sp³-hybridized carbons (Fsp3) is 0.500. The molecule has 0 amide bonds. The fourth-order valence-electron chi connectivity index (χ4n) is 3.51. The normalized spacial score (nSPS) is 23.4. The second kappa shape index (κ2) is 6.83. The number of hydrogen-bond donors (Lipinski definition) is 0. The van der Waals surface area contributed by atoms with E-state index in [0.29, 0.717) is 5.92 Å². The lowest BCUT2D eigenvalue weighted by Gasteiger charge is -2.34. The van der Waals surface area contributed by atoms with E-state index < -0.39 is 0 Å². The van der Waals surface area contributed by atoms with Gasteiger partial charge < -0.3 is 9.47 Å². The van der Waals surface area contributed by atoms with Gasteiger partial charge in [0, 0.05) is 25.2 Å². The maximum atomic E-state index is 5.68. The Morgan fingerprint density at radius 1 is 1.09 bits per heavy atom. The van der Waals surface area contributed by atoms with Gasteiger partial charge in [-0.25, -0.2) is 4.68 Å². The molecular weight excluding hydrogens is 290 g/mol. The van der Waals surface area contributed by atoms with E-state index >= 15 is 0 Å². The van der Waals surface area contributed by atoms with E-state index in [0.717, 1.165) is 44.2 Å². The van der Waals surface area contributed by atoms with E-state index in [1.165, 1.54) is 12.8 Å². The SMILES string of the molecule is c1ccc(-n2ccc(CN3CCCC(C4OCCO4)C3)n2)cc1. The van der Waals surface area contributed by atoms with Gasteiger partial charge in [0.15, 0.2) is 6.29 Å². The first-order valence-corrected chi connectivity index (χ1v) is 8.44. The van der Waals surface area contributed by atoms with Crippen molar-refractivity contribution in [2.75, 3.05) is 26.3 Å². The monoisotopic (exact) mass is 313 g/mol. The first-order chi connectivity index (χ1) is 11.4. The second-order valence-electron chi connectivity index (χ2n) is 6.33. The predicted molar refractivity (Wildman–Crippen MR) is 87.3 cm³/mol. The Balaban J connectivity index is 1.39. The molecule has 4 rings (SSSR count). The second-order valence-corrected chi connectivity index (χ2v) is 6.33. The van der Waals surface area contributed by atoms with Crippen LogP contribution in [0.5, 0.6) is 0 Å². The van der Waals surface area contributed by atoms with Gasteiger partial charge in [-0.05, 0) is 37.6 Å². The van der Waals surface area contributed by atoms with Crippen LogP contribution in [0.25, 0.3) is 5.69 Å². The minimum Gasteiger partial charge on any atom is -0.350 e. The van der Waals surface area contributed by atoms with E-state index in [4.69, 9.17) is 14.6 Å². The largest absolute Gasteiger partial charge is 0.350 e. The third-order valence-corrected chi connectivity index (χ3v) is 4.63. The van der Waals surface area contributed by atoms with Crippen LogP contribution < -0.4 is 0 Å². The molecule has 0 N–H and O–H groups in total. The van der Waals surface area contributed by atoms with Crippen LogP contribution in [0, 0.1) is 5.92 Å². The number of ether oxygens (including phenoxy) is 2. The van der Waals surface area contributed by atoms with Crippen molar-refractivity contribution in [3.8, 4) is 5.69 Å². The summed E-state index contributed by atoms with van der Waals surface area (Å²) in [6.07, 6.45) is 4.43. The Kier molecular flexibility index (Phi) is 4.41. The van der Waals surface area contributed by atoms with Crippen LogP contribution in [-0.2, 0) is 16.0 Å². The summed E-state index contributed by atoms with van der Waals surface area (Å²) in [6.45, 7) is 4.53. The maximum absolute atomic E-state index is 5.68. The molecule has 2 aliphatic rings. The summed E-state index contributed by atoms with van der Waals surface area (Å²) in [5.74, 6) is 0.488. The maximum Gasteiger partial charge on any atom is 0.161 e. The van der Waals surface area contributed by atoms with Gasteiger partial charge in [-0.15, -0.1) is 0 Å². The number of nitrogens with zero attached hydrogens (tertiary/aromatic N) is 3. The Morgan fingerprint density at radius 2 is 1.91 bits per heavy atom. The lowest BCUT2D eigenvalue weighted by atomic mass is 9.97. The zero-order valence-corrected chi connectivity index (χ0v) is 13.3. The van der Waals surface area contributed by atoms with Gasteiger partial charge in [-0.3, -0.25) is 4.90 Å². The lowest BCUT2D eigenvalue weighted by Crippen LogP contribution is -2.40. The summed E-state index contributed by atoms with van der Waals surface area (Å²) in [6, 6.07) is 12.3. The molecule has 2 saturated heterocycles. The van der Waals surface area contributed by atoms with Crippen LogP contribution in [0.1, 0.15) is 18.5 Å². The van der Waals surface area contributed by atoms with Crippen molar-refractivity contribution in [1.82, 2.24) is 14.7 Å². The summed E-state index contributed by atoms with van der Waals surface area (Å²) in [7, 11) is 0. The van der Waals surface area contributed by atoms with Gasteiger partial charge in [0.25, 0.3) is 0 Å². The van der Waals surface area contributed by atoms with E-state index in [9.17, 15) is 0 Å². The molecule has 122 valence electrons. The molecule has 0 spiro atoms. The quantitative estimate of drug-likeness (QED) is 0.869. The minimum atomic E-state index is -0.000300. The third-order valence-electron chi connectivity index (χ3n) is 4.63. The average Bonchev–Trinajstić information content (AvgIpc) is 3.28. The Labute approximate surface area is 136 Å². The molecule has 0 saturated carbocycles. The van der Waals surface area contributed by atoms with Crippen LogP contribution in [0.15, 0.2) is 42.6 Å². The molecule has 1 aromatic heterocycles. The van der Waals surface area contributed by atoms with Gasteiger partial charge in [-0.1, -0.05) is 18.2 Å². The lowest BCUT2D eigenvalue weighted by molar-refractivity contribution is -0.101. The molecule has 0 bridgehead atoms. The average molecular weight is 313 g/mol. The number of para-hydroxylation sites is 1. The van der Waals surface area contributed by atoms with Crippen LogP contribution in [-0.4, -0.2) is 47.3 Å². The molecule has 5 nitrogen and oxygen atoms in total. The number of aromatic nitrogens is 2. The number of piperidine rings is 1. The number of likely N-dealkylation sites (tertiary alicyclic amines) is 1. The van der Waals surface area contributed by atoms with Crippen LogP contribution >= 0.6 is 0 Å². The fourth-order valence-corrected chi connectivity index (χ4v) is 3.51. The van der Waals surface area contributed by atoms with Crippen molar-refractivity contribution < 1.29 is 9.47 Å². The molecule has 2 aromatic rings. The number of benzene rings is 1. The van der Waals surface area contributed by atoms with Crippen molar-refractivity contribution in [2.24, 2.45) is 5.92 Å².